The maximum absolute atomic E-state index is 12.4. The summed E-state index contributed by atoms with van der Waals surface area (Å²) in [4.78, 5) is 12.4. The zero-order valence-corrected chi connectivity index (χ0v) is 13.8. The molecule has 0 saturated heterocycles. The van der Waals surface area contributed by atoms with Gasteiger partial charge >= 0.3 is 0 Å². The number of anilines is 1. The van der Waals surface area contributed by atoms with Gasteiger partial charge in [0.1, 0.15) is 11.9 Å². The first-order chi connectivity index (χ1) is 11.1. The van der Waals surface area contributed by atoms with Crippen LogP contribution in [0.1, 0.15) is 37.1 Å². The fraction of sp³-hybridized carbons (Fsp3) is 0.375. The molecular weight excluding hydrogens is 310 g/mol. The summed E-state index contributed by atoms with van der Waals surface area (Å²) < 4.78 is 1.97. The first-order valence-electron chi connectivity index (χ1n) is 7.46. The van der Waals surface area contributed by atoms with Gasteiger partial charge in [0.25, 0.3) is 0 Å². The molecule has 3 rings (SSSR count). The standard InChI is InChI=1S/C16H17N5OS/c1-10(15(22)18-13-6-4-3-5-12(13)9-17)23-16-20-19-14(21(16)2)11-7-8-11/h3-6,10-11H,7-8H2,1-2H3,(H,18,22)/t10-/m0/s1. The summed E-state index contributed by atoms with van der Waals surface area (Å²) in [6.07, 6.45) is 2.33. The second-order valence-electron chi connectivity index (χ2n) is 5.58. The van der Waals surface area contributed by atoms with E-state index in [-0.39, 0.29) is 11.2 Å². The van der Waals surface area contributed by atoms with Crippen LogP contribution in [-0.2, 0) is 11.8 Å². The van der Waals surface area contributed by atoms with Crippen molar-refractivity contribution in [3.05, 3.63) is 35.7 Å². The van der Waals surface area contributed by atoms with Gasteiger partial charge in [-0.2, -0.15) is 5.26 Å². The smallest absolute Gasteiger partial charge is 0.237 e. The maximum Gasteiger partial charge on any atom is 0.237 e. The van der Waals surface area contributed by atoms with Crippen LogP contribution in [0.2, 0.25) is 0 Å². The molecule has 0 spiro atoms. The topological polar surface area (TPSA) is 83.6 Å². The van der Waals surface area contributed by atoms with Gasteiger partial charge in [-0.25, -0.2) is 0 Å². The molecule has 0 radical (unpaired) electrons. The summed E-state index contributed by atoms with van der Waals surface area (Å²) in [5, 5.41) is 20.7. The first kappa shape index (κ1) is 15.6. The lowest BCUT2D eigenvalue weighted by Crippen LogP contribution is -2.23. The number of para-hydroxylation sites is 1. The molecule has 1 N–H and O–H groups in total. The molecule has 1 aromatic carbocycles. The second-order valence-corrected chi connectivity index (χ2v) is 6.89. The van der Waals surface area contributed by atoms with Crippen molar-refractivity contribution in [2.45, 2.75) is 36.1 Å². The van der Waals surface area contributed by atoms with E-state index in [1.54, 1.807) is 24.3 Å². The minimum atomic E-state index is -0.336. The summed E-state index contributed by atoms with van der Waals surface area (Å²) in [5.74, 6) is 1.36. The molecule has 2 aromatic rings. The van der Waals surface area contributed by atoms with Crippen molar-refractivity contribution in [1.82, 2.24) is 14.8 Å². The van der Waals surface area contributed by atoms with Crippen LogP contribution in [0.5, 0.6) is 0 Å². The van der Waals surface area contributed by atoms with Gasteiger partial charge in [-0.15, -0.1) is 10.2 Å². The Morgan fingerprint density at radius 1 is 1.43 bits per heavy atom. The summed E-state index contributed by atoms with van der Waals surface area (Å²) >= 11 is 1.37. The van der Waals surface area contributed by atoms with Crippen LogP contribution >= 0.6 is 11.8 Å². The lowest BCUT2D eigenvalue weighted by Gasteiger charge is -2.12. The minimum Gasteiger partial charge on any atom is -0.324 e. The van der Waals surface area contributed by atoms with E-state index in [4.69, 9.17) is 5.26 Å². The number of carbonyl (C=O) groups excluding carboxylic acids is 1. The van der Waals surface area contributed by atoms with Crippen LogP contribution < -0.4 is 5.32 Å². The third-order valence-corrected chi connectivity index (χ3v) is 4.90. The molecule has 1 fully saturated rings. The Morgan fingerprint density at radius 3 is 2.87 bits per heavy atom. The van der Waals surface area contributed by atoms with Gasteiger partial charge in [0, 0.05) is 13.0 Å². The van der Waals surface area contributed by atoms with Crippen molar-refractivity contribution in [3.8, 4) is 6.07 Å². The number of thioether (sulfide) groups is 1. The fourth-order valence-corrected chi connectivity index (χ4v) is 3.08. The van der Waals surface area contributed by atoms with Crippen LogP contribution in [0.3, 0.4) is 0 Å². The predicted molar refractivity (Wildman–Crippen MR) is 88.1 cm³/mol. The number of nitrogens with one attached hydrogen (secondary N) is 1. The van der Waals surface area contributed by atoms with E-state index in [1.807, 2.05) is 18.5 Å². The number of nitrogens with zero attached hydrogens (tertiary/aromatic N) is 4. The van der Waals surface area contributed by atoms with E-state index < -0.39 is 0 Å². The molecule has 1 aromatic heterocycles. The van der Waals surface area contributed by atoms with E-state index in [1.165, 1.54) is 11.8 Å². The Hall–Kier alpha value is -2.33. The van der Waals surface area contributed by atoms with Crippen molar-refractivity contribution in [1.29, 1.82) is 5.26 Å². The molecule has 7 heteroatoms. The molecule has 0 bridgehead atoms. The molecule has 118 valence electrons. The molecule has 1 saturated carbocycles. The molecule has 1 atom stereocenters. The minimum absolute atomic E-state index is 0.159. The first-order valence-corrected chi connectivity index (χ1v) is 8.34. The van der Waals surface area contributed by atoms with Gasteiger partial charge in [0.05, 0.1) is 16.5 Å². The highest BCUT2D eigenvalue weighted by molar-refractivity contribution is 8.00. The average molecular weight is 327 g/mol. The largest absolute Gasteiger partial charge is 0.324 e. The molecule has 1 heterocycles. The number of hydrogen-bond acceptors (Lipinski definition) is 5. The van der Waals surface area contributed by atoms with Crippen molar-refractivity contribution in [2.24, 2.45) is 7.05 Å². The van der Waals surface area contributed by atoms with Crippen LogP contribution in [0, 0.1) is 11.3 Å². The zero-order valence-electron chi connectivity index (χ0n) is 13.0. The van der Waals surface area contributed by atoms with Crippen molar-refractivity contribution in [3.63, 3.8) is 0 Å². The van der Waals surface area contributed by atoms with Crippen LogP contribution in [0.15, 0.2) is 29.4 Å². The summed E-state index contributed by atoms with van der Waals surface area (Å²) in [6, 6.07) is 9.04. The zero-order chi connectivity index (χ0) is 16.4. The number of nitriles is 1. The second kappa shape index (κ2) is 6.42. The summed E-state index contributed by atoms with van der Waals surface area (Å²) in [6.45, 7) is 1.82. The number of aromatic nitrogens is 3. The fourth-order valence-electron chi connectivity index (χ4n) is 2.26. The van der Waals surface area contributed by atoms with E-state index in [2.05, 4.69) is 21.6 Å². The predicted octanol–water partition coefficient (Wildman–Crippen LogP) is 2.68. The van der Waals surface area contributed by atoms with Crippen molar-refractivity contribution in [2.75, 3.05) is 5.32 Å². The molecule has 6 nitrogen and oxygen atoms in total. The normalized spacial score (nSPS) is 15.0. The Kier molecular flexibility index (Phi) is 4.35. The van der Waals surface area contributed by atoms with Gasteiger partial charge in [-0.1, -0.05) is 23.9 Å². The third-order valence-electron chi connectivity index (χ3n) is 3.77. The van der Waals surface area contributed by atoms with E-state index in [0.717, 1.165) is 23.8 Å². The van der Waals surface area contributed by atoms with Crippen molar-refractivity contribution < 1.29 is 4.79 Å². The molecule has 23 heavy (non-hydrogen) atoms. The van der Waals surface area contributed by atoms with E-state index in [0.29, 0.717) is 17.2 Å². The van der Waals surface area contributed by atoms with Crippen LogP contribution in [0.4, 0.5) is 5.69 Å². The monoisotopic (exact) mass is 327 g/mol. The number of rotatable bonds is 5. The molecule has 0 aliphatic heterocycles. The Morgan fingerprint density at radius 2 is 2.17 bits per heavy atom. The highest BCUT2D eigenvalue weighted by atomic mass is 32.2. The summed E-state index contributed by atoms with van der Waals surface area (Å²) in [5.41, 5.74) is 0.983. The number of hydrogen-bond donors (Lipinski definition) is 1. The third kappa shape index (κ3) is 3.37. The maximum atomic E-state index is 12.4. The van der Waals surface area contributed by atoms with Crippen LogP contribution in [-0.4, -0.2) is 25.9 Å². The van der Waals surface area contributed by atoms with E-state index >= 15 is 0 Å². The Labute approximate surface area is 138 Å². The van der Waals surface area contributed by atoms with E-state index in [9.17, 15) is 4.79 Å². The molecule has 1 aliphatic rings. The molecular formula is C16H17N5OS. The molecule has 1 amide bonds. The van der Waals surface area contributed by atoms with Gasteiger partial charge < -0.3 is 9.88 Å². The van der Waals surface area contributed by atoms with Crippen LogP contribution in [0.25, 0.3) is 0 Å². The molecule has 0 unspecified atom stereocenters. The number of benzene rings is 1. The van der Waals surface area contributed by atoms with Gasteiger partial charge in [-0.3, -0.25) is 4.79 Å². The summed E-state index contributed by atoms with van der Waals surface area (Å²) in [7, 11) is 1.94. The quantitative estimate of drug-likeness (QED) is 0.854. The Balaban J connectivity index is 1.67. The number of amides is 1. The SMILES string of the molecule is C[C@H](Sc1nnc(C2CC2)n1C)C(=O)Nc1ccccc1C#N. The highest BCUT2D eigenvalue weighted by Crippen LogP contribution is 2.39. The Bertz CT molecular complexity index is 775. The average Bonchev–Trinajstić information content (AvgIpc) is 3.33. The van der Waals surface area contributed by atoms with Gasteiger partial charge in [0.2, 0.25) is 5.91 Å². The van der Waals surface area contributed by atoms with Gasteiger partial charge in [-0.05, 0) is 31.9 Å². The lowest BCUT2D eigenvalue weighted by molar-refractivity contribution is -0.115. The highest BCUT2D eigenvalue weighted by Gasteiger charge is 2.30. The van der Waals surface area contributed by atoms with Gasteiger partial charge in [0.15, 0.2) is 5.16 Å². The number of carbonyl (C=O) groups is 1. The lowest BCUT2D eigenvalue weighted by atomic mass is 10.2. The molecule has 1 aliphatic carbocycles. The van der Waals surface area contributed by atoms with Crippen molar-refractivity contribution >= 4 is 23.4 Å².